The molecule has 0 fully saturated rings. The molecule has 0 saturated carbocycles. The molecule has 0 radical (unpaired) electrons. The minimum Gasteiger partial charge on any atom is -0.327 e. The van der Waals surface area contributed by atoms with Crippen molar-refractivity contribution in [2.45, 2.75) is 26.7 Å². The Morgan fingerprint density at radius 2 is 2.25 bits per heavy atom. The van der Waals surface area contributed by atoms with Gasteiger partial charge >= 0.3 is 0 Å². The monoisotopic (exact) mass is 113 g/mol. The molecule has 1 heteroatoms. The van der Waals surface area contributed by atoms with E-state index in [0.29, 0.717) is 0 Å². The first-order valence-corrected chi connectivity index (χ1v) is 3.19. The van der Waals surface area contributed by atoms with Gasteiger partial charge in [-0.1, -0.05) is 25.0 Å². The van der Waals surface area contributed by atoms with E-state index in [4.69, 9.17) is 5.73 Å². The van der Waals surface area contributed by atoms with Gasteiger partial charge < -0.3 is 5.73 Å². The lowest BCUT2D eigenvalue weighted by Gasteiger charge is -1.97. The summed E-state index contributed by atoms with van der Waals surface area (Å²) < 4.78 is 0. The third-order valence-corrected chi connectivity index (χ3v) is 1.24. The molecule has 0 spiro atoms. The quantitative estimate of drug-likeness (QED) is 0.554. The average Bonchev–Trinajstić information content (AvgIpc) is 1.83. The molecule has 0 aliphatic heterocycles. The van der Waals surface area contributed by atoms with Crippen LogP contribution >= 0.6 is 0 Å². The van der Waals surface area contributed by atoms with Crippen LogP contribution in [0.15, 0.2) is 11.6 Å². The Morgan fingerprint density at radius 3 is 2.38 bits per heavy atom. The second kappa shape index (κ2) is 4.85. The van der Waals surface area contributed by atoms with Crippen LogP contribution in [0, 0.1) is 0 Å². The molecule has 48 valence electrons. The lowest BCUT2D eigenvalue weighted by Crippen LogP contribution is -2.01. The zero-order valence-corrected chi connectivity index (χ0v) is 5.78. The first-order valence-electron chi connectivity index (χ1n) is 3.19. The molecule has 8 heavy (non-hydrogen) atoms. The molecular weight excluding hydrogens is 98.1 g/mol. The number of nitrogens with two attached hydrogens (primary N) is 1. The smallest absolute Gasteiger partial charge is 0.0136 e. The van der Waals surface area contributed by atoms with Crippen molar-refractivity contribution in [2.24, 2.45) is 5.73 Å². The van der Waals surface area contributed by atoms with Crippen molar-refractivity contribution in [1.82, 2.24) is 0 Å². The van der Waals surface area contributed by atoms with E-state index < -0.39 is 0 Å². The van der Waals surface area contributed by atoms with Gasteiger partial charge in [-0.15, -0.1) is 0 Å². The van der Waals surface area contributed by atoms with Crippen molar-refractivity contribution in [3.8, 4) is 0 Å². The summed E-state index contributed by atoms with van der Waals surface area (Å²) >= 11 is 0. The van der Waals surface area contributed by atoms with Crippen LogP contribution in [0.2, 0.25) is 0 Å². The summed E-state index contributed by atoms with van der Waals surface area (Å²) in [5.41, 5.74) is 6.77. The molecule has 0 aromatic carbocycles. The van der Waals surface area contributed by atoms with Crippen molar-refractivity contribution in [3.05, 3.63) is 11.6 Å². The van der Waals surface area contributed by atoms with Crippen molar-refractivity contribution < 1.29 is 0 Å². The first kappa shape index (κ1) is 7.70. The predicted molar refractivity (Wildman–Crippen MR) is 37.7 cm³/mol. The molecule has 0 aromatic rings. The Morgan fingerprint density at radius 1 is 1.62 bits per heavy atom. The van der Waals surface area contributed by atoms with E-state index in [1.807, 2.05) is 6.92 Å². The maximum atomic E-state index is 5.40. The van der Waals surface area contributed by atoms with Gasteiger partial charge in [0.15, 0.2) is 0 Å². The van der Waals surface area contributed by atoms with Gasteiger partial charge in [-0.05, 0) is 13.3 Å². The summed E-state index contributed by atoms with van der Waals surface area (Å²) in [5.74, 6) is 0. The number of hydrogen-bond donors (Lipinski definition) is 1. The van der Waals surface area contributed by atoms with Gasteiger partial charge in [-0.25, -0.2) is 0 Å². The maximum Gasteiger partial charge on any atom is 0.0136 e. The highest BCUT2D eigenvalue weighted by atomic mass is 14.5. The lowest BCUT2D eigenvalue weighted by molar-refractivity contribution is 0.872. The van der Waals surface area contributed by atoms with E-state index >= 15 is 0 Å². The average molecular weight is 113 g/mol. The fraction of sp³-hybridized carbons (Fsp3) is 0.714. The van der Waals surface area contributed by atoms with E-state index in [2.05, 4.69) is 13.0 Å². The number of allylic oxidation sites excluding steroid dienone is 1. The van der Waals surface area contributed by atoms with Crippen LogP contribution in [0.3, 0.4) is 0 Å². The molecule has 0 heterocycles. The topological polar surface area (TPSA) is 26.0 Å². The Kier molecular flexibility index (Phi) is 4.67. The Balaban J connectivity index is 3.38. The molecule has 0 saturated heterocycles. The lowest BCUT2D eigenvalue weighted by atomic mass is 10.1. The van der Waals surface area contributed by atoms with Crippen molar-refractivity contribution in [1.29, 1.82) is 0 Å². The van der Waals surface area contributed by atoms with E-state index in [-0.39, 0.29) is 0 Å². The molecule has 0 aliphatic rings. The van der Waals surface area contributed by atoms with Gasteiger partial charge in [0.25, 0.3) is 0 Å². The highest BCUT2D eigenvalue weighted by molar-refractivity contribution is 5.00. The van der Waals surface area contributed by atoms with Gasteiger partial charge in [0.05, 0.1) is 0 Å². The molecule has 0 aromatic heterocycles. The number of rotatable bonds is 3. The van der Waals surface area contributed by atoms with Crippen LogP contribution in [0.25, 0.3) is 0 Å². The summed E-state index contributed by atoms with van der Waals surface area (Å²) in [4.78, 5) is 0. The summed E-state index contributed by atoms with van der Waals surface area (Å²) in [7, 11) is 0. The molecule has 0 atom stereocenters. The molecule has 0 unspecified atom stereocenters. The minimum atomic E-state index is 0.727. The second-order valence-electron chi connectivity index (χ2n) is 1.90. The maximum absolute atomic E-state index is 5.40. The van der Waals surface area contributed by atoms with E-state index in [0.717, 1.165) is 13.0 Å². The van der Waals surface area contributed by atoms with Gasteiger partial charge in [0.2, 0.25) is 0 Å². The number of hydrogen-bond acceptors (Lipinski definition) is 1. The van der Waals surface area contributed by atoms with Crippen molar-refractivity contribution in [3.63, 3.8) is 0 Å². The highest BCUT2D eigenvalue weighted by Gasteiger charge is 1.86. The van der Waals surface area contributed by atoms with Crippen molar-refractivity contribution >= 4 is 0 Å². The fourth-order valence-corrected chi connectivity index (χ4v) is 0.685. The summed E-state index contributed by atoms with van der Waals surface area (Å²) in [6, 6.07) is 0. The third kappa shape index (κ3) is 2.80. The fourth-order valence-electron chi connectivity index (χ4n) is 0.685. The Labute approximate surface area is 51.6 Å². The standard InChI is InChI=1S/C7H15N/c1-3-5-7(4-2)6-8/h4H,3,5-6,8H2,1-2H3/b7-4-. The van der Waals surface area contributed by atoms with Gasteiger partial charge in [-0.2, -0.15) is 0 Å². The minimum absolute atomic E-state index is 0.727. The summed E-state index contributed by atoms with van der Waals surface area (Å²) in [6.07, 6.45) is 4.47. The second-order valence-corrected chi connectivity index (χ2v) is 1.90. The summed E-state index contributed by atoms with van der Waals surface area (Å²) in [5, 5.41) is 0. The van der Waals surface area contributed by atoms with Crippen LogP contribution in [0.1, 0.15) is 26.7 Å². The molecule has 0 bridgehead atoms. The van der Waals surface area contributed by atoms with Crippen LogP contribution in [-0.4, -0.2) is 6.54 Å². The third-order valence-electron chi connectivity index (χ3n) is 1.24. The van der Waals surface area contributed by atoms with Crippen LogP contribution in [0.5, 0.6) is 0 Å². The Bertz CT molecular complexity index is 74.5. The summed E-state index contributed by atoms with van der Waals surface area (Å²) in [6.45, 7) is 4.93. The SMILES string of the molecule is C/C=C(\CN)CCC. The molecule has 0 amide bonds. The largest absolute Gasteiger partial charge is 0.327 e. The zero-order valence-electron chi connectivity index (χ0n) is 5.78. The van der Waals surface area contributed by atoms with Crippen LogP contribution in [0.4, 0.5) is 0 Å². The Hall–Kier alpha value is -0.300. The van der Waals surface area contributed by atoms with Crippen LogP contribution < -0.4 is 5.73 Å². The van der Waals surface area contributed by atoms with E-state index in [1.165, 1.54) is 12.0 Å². The van der Waals surface area contributed by atoms with Crippen molar-refractivity contribution in [2.75, 3.05) is 6.54 Å². The normalized spacial score (nSPS) is 12.1. The molecule has 2 N–H and O–H groups in total. The first-order chi connectivity index (χ1) is 3.85. The van der Waals surface area contributed by atoms with Crippen LogP contribution in [-0.2, 0) is 0 Å². The van der Waals surface area contributed by atoms with Gasteiger partial charge in [0.1, 0.15) is 0 Å². The van der Waals surface area contributed by atoms with E-state index in [1.54, 1.807) is 0 Å². The molecule has 0 rings (SSSR count). The van der Waals surface area contributed by atoms with Gasteiger partial charge in [0, 0.05) is 6.54 Å². The predicted octanol–water partition coefficient (Wildman–Crippen LogP) is 1.69. The molecule has 0 aliphatic carbocycles. The van der Waals surface area contributed by atoms with E-state index in [9.17, 15) is 0 Å². The van der Waals surface area contributed by atoms with Gasteiger partial charge in [-0.3, -0.25) is 0 Å². The zero-order chi connectivity index (χ0) is 6.41. The highest BCUT2D eigenvalue weighted by Crippen LogP contribution is 2.00. The molecular formula is C7H15N. The molecule has 1 nitrogen and oxygen atoms in total.